The van der Waals surface area contributed by atoms with E-state index >= 15 is 0 Å². The summed E-state index contributed by atoms with van der Waals surface area (Å²) in [6.07, 6.45) is 3.83. The van der Waals surface area contributed by atoms with Crippen molar-refractivity contribution in [2.75, 3.05) is 0 Å². The molecule has 6 heteroatoms. The highest BCUT2D eigenvalue weighted by Crippen LogP contribution is 2.30. The molecular formula is C21H16N4OS. The number of hydrogen-bond acceptors (Lipinski definition) is 5. The van der Waals surface area contributed by atoms with Crippen LogP contribution in [0.25, 0.3) is 28.0 Å². The molecule has 0 spiro atoms. The molecule has 0 amide bonds. The maximum absolute atomic E-state index is 5.87. The van der Waals surface area contributed by atoms with Crippen molar-refractivity contribution in [2.45, 2.75) is 17.9 Å². The number of fused-ring (bicyclic) bond motifs is 2. The van der Waals surface area contributed by atoms with Crippen molar-refractivity contribution in [1.82, 2.24) is 19.4 Å². The second kappa shape index (κ2) is 6.55. The van der Waals surface area contributed by atoms with Gasteiger partial charge in [0.2, 0.25) is 0 Å². The zero-order chi connectivity index (χ0) is 18.2. The van der Waals surface area contributed by atoms with Gasteiger partial charge < -0.3 is 8.82 Å². The fourth-order valence-electron chi connectivity index (χ4n) is 3.13. The number of rotatable bonds is 4. The summed E-state index contributed by atoms with van der Waals surface area (Å²) >= 11 is 1.55. The van der Waals surface area contributed by atoms with Crippen LogP contribution in [0.5, 0.6) is 0 Å². The fraction of sp³-hybridized carbons (Fsp3) is 0.0952. The van der Waals surface area contributed by atoms with Crippen molar-refractivity contribution in [3.63, 3.8) is 0 Å². The van der Waals surface area contributed by atoms with E-state index in [0.717, 1.165) is 45.1 Å². The van der Waals surface area contributed by atoms with Crippen molar-refractivity contribution >= 4 is 28.5 Å². The third-order valence-corrected chi connectivity index (χ3v) is 5.34. The third kappa shape index (κ3) is 2.98. The third-order valence-electron chi connectivity index (χ3n) is 4.48. The van der Waals surface area contributed by atoms with Crippen LogP contribution in [0.3, 0.4) is 0 Å². The van der Waals surface area contributed by atoms with E-state index < -0.39 is 0 Å². The molecule has 4 aromatic heterocycles. The first-order valence-electron chi connectivity index (χ1n) is 8.65. The topological polar surface area (TPSA) is 56.2 Å². The standard InChI is InChI=1S/C21H16N4OS/c1-14-20(24-19-7-3-5-11-25(14)19)15-8-9-18-17(12-15)23-21(26-18)27-13-16-6-2-4-10-22-16/h2-12H,13H2,1H3. The number of pyridine rings is 2. The van der Waals surface area contributed by atoms with Crippen molar-refractivity contribution < 1.29 is 4.42 Å². The molecule has 0 radical (unpaired) electrons. The van der Waals surface area contributed by atoms with Gasteiger partial charge in [-0.25, -0.2) is 9.97 Å². The Kier molecular flexibility index (Phi) is 3.90. The van der Waals surface area contributed by atoms with Crippen LogP contribution in [0, 0.1) is 6.92 Å². The summed E-state index contributed by atoms with van der Waals surface area (Å²) < 4.78 is 7.96. The Morgan fingerprint density at radius 3 is 2.81 bits per heavy atom. The SMILES string of the molecule is Cc1c(-c2ccc3oc(SCc4ccccn4)nc3c2)nc2ccccn12. The molecule has 0 unspecified atom stereocenters. The molecule has 0 bridgehead atoms. The summed E-state index contributed by atoms with van der Waals surface area (Å²) in [6, 6.07) is 18.0. The van der Waals surface area contributed by atoms with E-state index in [-0.39, 0.29) is 0 Å². The van der Waals surface area contributed by atoms with Crippen LogP contribution in [0.1, 0.15) is 11.4 Å². The minimum atomic E-state index is 0.652. The lowest BCUT2D eigenvalue weighted by molar-refractivity contribution is 0.489. The van der Waals surface area contributed by atoms with Crippen LogP contribution in [0.2, 0.25) is 0 Å². The maximum atomic E-state index is 5.87. The van der Waals surface area contributed by atoms with E-state index in [9.17, 15) is 0 Å². The summed E-state index contributed by atoms with van der Waals surface area (Å²) in [5, 5.41) is 0.652. The zero-order valence-electron chi connectivity index (χ0n) is 14.7. The lowest BCUT2D eigenvalue weighted by Crippen LogP contribution is -1.86. The van der Waals surface area contributed by atoms with Crippen LogP contribution < -0.4 is 0 Å². The average Bonchev–Trinajstić information content (AvgIpc) is 3.27. The number of aromatic nitrogens is 4. The van der Waals surface area contributed by atoms with Gasteiger partial charge in [-0.05, 0) is 49.4 Å². The molecule has 5 aromatic rings. The van der Waals surface area contributed by atoms with Gasteiger partial charge in [-0.15, -0.1) is 0 Å². The molecule has 27 heavy (non-hydrogen) atoms. The van der Waals surface area contributed by atoms with Gasteiger partial charge in [0.05, 0.1) is 11.4 Å². The molecule has 0 aliphatic carbocycles. The van der Waals surface area contributed by atoms with Gasteiger partial charge in [0.25, 0.3) is 5.22 Å². The first kappa shape index (κ1) is 16.1. The largest absolute Gasteiger partial charge is 0.431 e. The smallest absolute Gasteiger partial charge is 0.257 e. The maximum Gasteiger partial charge on any atom is 0.257 e. The molecule has 4 heterocycles. The van der Waals surface area contributed by atoms with E-state index in [4.69, 9.17) is 9.40 Å². The highest BCUT2D eigenvalue weighted by Gasteiger charge is 2.13. The van der Waals surface area contributed by atoms with Crippen LogP contribution in [-0.2, 0) is 5.75 Å². The van der Waals surface area contributed by atoms with E-state index in [0.29, 0.717) is 5.22 Å². The Morgan fingerprint density at radius 2 is 1.96 bits per heavy atom. The number of oxazole rings is 1. The van der Waals surface area contributed by atoms with Crippen LogP contribution in [0.15, 0.2) is 76.6 Å². The number of aryl methyl sites for hydroxylation is 1. The van der Waals surface area contributed by atoms with Gasteiger partial charge >= 0.3 is 0 Å². The molecule has 1 aromatic carbocycles. The highest BCUT2D eigenvalue weighted by molar-refractivity contribution is 7.98. The van der Waals surface area contributed by atoms with Crippen LogP contribution >= 0.6 is 11.8 Å². The van der Waals surface area contributed by atoms with Crippen molar-refractivity contribution in [2.24, 2.45) is 0 Å². The summed E-state index contributed by atoms with van der Waals surface area (Å²) in [7, 11) is 0. The molecule has 5 nitrogen and oxygen atoms in total. The molecular weight excluding hydrogens is 356 g/mol. The predicted molar refractivity (Wildman–Crippen MR) is 107 cm³/mol. The van der Waals surface area contributed by atoms with Crippen LogP contribution in [-0.4, -0.2) is 19.4 Å². The Labute approximate surface area is 160 Å². The molecule has 0 aliphatic rings. The summed E-state index contributed by atoms with van der Waals surface area (Å²) in [6.45, 7) is 2.08. The lowest BCUT2D eigenvalue weighted by Gasteiger charge is -1.99. The first-order valence-corrected chi connectivity index (χ1v) is 9.64. The monoisotopic (exact) mass is 372 g/mol. The second-order valence-corrected chi connectivity index (χ2v) is 7.17. The van der Waals surface area contributed by atoms with Gasteiger partial charge in [-0.1, -0.05) is 23.9 Å². The predicted octanol–water partition coefficient (Wildman–Crippen LogP) is 5.14. The fourth-order valence-corrected chi connectivity index (χ4v) is 3.88. The normalized spacial score (nSPS) is 11.4. The Hall–Kier alpha value is -3.12. The molecule has 0 saturated heterocycles. The van der Waals surface area contributed by atoms with E-state index in [1.54, 1.807) is 18.0 Å². The number of nitrogens with zero attached hydrogens (tertiary/aromatic N) is 4. The van der Waals surface area contributed by atoms with Gasteiger partial charge in [0, 0.05) is 29.4 Å². The number of imidazole rings is 1. The van der Waals surface area contributed by atoms with Gasteiger partial charge in [-0.2, -0.15) is 0 Å². The molecule has 5 rings (SSSR count). The summed E-state index contributed by atoms with van der Waals surface area (Å²) in [5.74, 6) is 0.728. The minimum Gasteiger partial charge on any atom is -0.431 e. The molecule has 0 atom stereocenters. The van der Waals surface area contributed by atoms with E-state index in [2.05, 4.69) is 21.3 Å². The van der Waals surface area contributed by atoms with Crippen molar-refractivity contribution in [1.29, 1.82) is 0 Å². The Balaban J connectivity index is 1.47. The number of thioether (sulfide) groups is 1. The summed E-state index contributed by atoms with van der Waals surface area (Å²) in [4.78, 5) is 13.7. The van der Waals surface area contributed by atoms with Gasteiger partial charge in [0.1, 0.15) is 11.2 Å². The summed E-state index contributed by atoms with van der Waals surface area (Å²) in [5.41, 5.74) is 6.68. The Morgan fingerprint density at radius 1 is 1.04 bits per heavy atom. The Bertz CT molecular complexity index is 1240. The van der Waals surface area contributed by atoms with E-state index in [1.165, 1.54) is 0 Å². The van der Waals surface area contributed by atoms with Crippen LogP contribution in [0.4, 0.5) is 0 Å². The molecule has 0 N–H and O–H groups in total. The first-order chi connectivity index (χ1) is 13.3. The zero-order valence-corrected chi connectivity index (χ0v) is 15.5. The van der Waals surface area contributed by atoms with E-state index in [1.807, 2.05) is 60.8 Å². The minimum absolute atomic E-state index is 0.652. The number of hydrogen-bond donors (Lipinski definition) is 0. The highest BCUT2D eigenvalue weighted by atomic mass is 32.2. The second-order valence-electron chi connectivity index (χ2n) is 6.25. The van der Waals surface area contributed by atoms with Gasteiger partial charge in [0.15, 0.2) is 5.58 Å². The van der Waals surface area contributed by atoms with Crippen molar-refractivity contribution in [3.05, 3.63) is 78.4 Å². The number of benzene rings is 1. The lowest BCUT2D eigenvalue weighted by atomic mass is 10.1. The van der Waals surface area contributed by atoms with Crippen molar-refractivity contribution in [3.8, 4) is 11.3 Å². The molecule has 0 saturated carbocycles. The molecule has 0 aliphatic heterocycles. The molecule has 132 valence electrons. The van der Waals surface area contributed by atoms with Gasteiger partial charge in [-0.3, -0.25) is 4.98 Å². The molecule has 0 fully saturated rings. The average molecular weight is 372 g/mol. The quantitative estimate of drug-likeness (QED) is 0.409.